The number of amides is 2. The van der Waals surface area contributed by atoms with Crippen LogP contribution in [0.25, 0.3) is 0 Å². The number of carbonyl (C=O) groups is 2. The molecule has 0 aromatic heterocycles. The topological polar surface area (TPSA) is 66.6 Å². The molecule has 0 aliphatic carbocycles. The first-order valence-corrected chi connectivity index (χ1v) is 7.75. The van der Waals surface area contributed by atoms with Crippen molar-refractivity contribution < 1.29 is 14.0 Å². The van der Waals surface area contributed by atoms with E-state index in [1.54, 1.807) is 17.0 Å². The first kappa shape index (κ1) is 17.4. The maximum absolute atomic E-state index is 13.2. The van der Waals surface area contributed by atoms with Crippen molar-refractivity contribution in [1.82, 2.24) is 9.80 Å². The Morgan fingerprint density at radius 2 is 2.04 bits per heavy atom. The van der Waals surface area contributed by atoms with Gasteiger partial charge in [0.15, 0.2) is 0 Å². The Morgan fingerprint density at radius 1 is 1.35 bits per heavy atom. The summed E-state index contributed by atoms with van der Waals surface area (Å²) in [4.78, 5) is 27.8. The Labute approximate surface area is 136 Å². The fourth-order valence-corrected chi connectivity index (χ4v) is 2.49. The number of benzene rings is 1. The van der Waals surface area contributed by atoms with Crippen molar-refractivity contribution in [3.8, 4) is 0 Å². The van der Waals surface area contributed by atoms with Gasteiger partial charge in [0.05, 0.1) is 12.6 Å². The van der Waals surface area contributed by atoms with Gasteiger partial charge in [-0.2, -0.15) is 0 Å². The average molecular weight is 321 g/mol. The summed E-state index contributed by atoms with van der Waals surface area (Å²) in [6, 6.07) is 5.56. The van der Waals surface area contributed by atoms with Gasteiger partial charge in [-0.1, -0.05) is 32.9 Å². The van der Waals surface area contributed by atoms with E-state index in [4.69, 9.17) is 5.73 Å². The standard InChI is InChI=1S/C17H24FN3O2/c1-17(2,3)15(19)16(23)21-8-7-20(14(22)11-21)10-12-5-4-6-13(18)9-12/h4-6,9,15H,7-8,10-11,19H2,1-3H3/t15-/m1/s1. The van der Waals surface area contributed by atoms with Crippen molar-refractivity contribution in [2.75, 3.05) is 19.6 Å². The third kappa shape index (κ3) is 4.28. The summed E-state index contributed by atoms with van der Waals surface area (Å²) in [6.45, 7) is 6.95. The van der Waals surface area contributed by atoms with Gasteiger partial charge in [0.25, 0.3) is 0 Å². The van der Waals surface area contributed by atoms with E-state index in [9.17, 15) is 14.0 Å². The molecule has 1 aliphatic heterocycles. The van der Waals surface area contributed by atoms with Gasteiger partial charge in [0.2, 0.25) is 11.8 Å². The van der Waals surface area contributed by atoms with Crippen molar-refractivity contribution in [3.63, 3.8) is 0 Å². The Morgan fingerprint density at radius 3 is 2.61 bits per heavy atom. The molecule has 1 heterocycles. The summed E-state index contributed by atoms with van der Waals surface area (Å²) in [5.74, 6) is -0.661. The highest BCUT2D eigenvalue weighted by molar-refractivity contribution is 5.88. The fourth-order valence-electron chi connectivity index (χ4n) is 2.49. The Kier molecular flexibility index (Phi) is 5.04. The number of hydrogen-bond donors (Lipinski definition) is 1. The molecule has 0 bridgehead atoms. The van der Waals surface area contributed by atoms with Crippen LogP contribution >= 0.6 is 0 Å². The quantitative estimate of drug-likeness (QED) is 0.914. The lowest BCUT2D eigenvalue weighted by Gasteiger charge is -2.37. The number of halogens is 1. The summed E-state index contributed by atoms with van der Waals surface area (Å²) >= 11 is 0. The van der Waals surface area contributed by atoms with E-state index in [-0.39, 0.29) is 29.6 Å². The van der Waals surface area contributed by atoms with Crippen LogP contribution in [-0.4, -0.2) is 47.3 Å². The minimum atomic E-state index is -0.634. The van der Waals surface area contributed by atoms with Gasteiger partial charge >= 0.3 is 0 Å². The third-order valence-electron chi connectivity index (χ3n) is 4.09. The molecule has 1 aromatic carbocycles. The molecule has 0 saturated carbocycles. The van der Waals surface area contributed by atoms with Crippen LogP contribution < -0.4 is 5.73 Å². The summed E-state index contributed by atoms with van der Waals surface area (Å²) in [7, 11) is 0. The summed E-state index contributed by atoms with van der Waals surface area (Å²) in [6.07, 6.45) is 0. The molecule has 1 aromatic rings. The second kappa shape index (κ2) is 6.66. The number of rotatable bonds is 3. The van der Waals surface area contributed by atoms with Gasteiger partial charge < -0.3 is 15.5 Å². The predicted molar refractivity (Wildman–Crippen MR) is 85.8 cm³/mol. The molecule has 0 unspecified atom stereocenters. The van der Waals surface area contributed by atoms with E-state index in [1.165, 1.54) is 17.0 Å². The van der Waals surface area contributed by atoms with Crippen LogP contribution in [-0.2, 0) is 16.1 Å². The van der Waals surface area contributed by atoms with Crippen LogP contribution in [0.5, 0.6) is 0 Å². The van der Waals surface area contributed by atoms with Crippen LogP contribution in [0.15, 0.2) is 24.3 Å². The SMILES string of the molecule is CC(C)(C)[C@H](N)C(=O)N1CCN(Cc2cccc(F)c2)C(=O)C1. The Balaban J connectivity index is 1.97. The summed E-state index contributed by atoms with van der Waals surface area (Å²) < 4.78 is 13.2. The van der Waals surface area contributed by atoms with Crippen LogP contribution in [0.3, 0.4) is 0 Å². The smallest absolute Gasteiger partial charge is 0.242 e. The van der Waals surface area contributed by atoms with Crippen LogP contribution in [0, 0.1) is 11.2 Å². The lowest BCUT2D eigenvalue weighted by atomic mass is 9.86. The fraction of sp³-hybridized carbons (Fsp3) is 0.529. The predicted octanol–water partition coefficient (Wildman–Crippen LogP) is 1.37. The molecule has 0 radical (unpaired) electrons. The summed E-state index contributed by atoms with van der Waals surface area (Å²) in [5.41, 5.74) is 6.38. The van der Waals surface area contributed by atoms with Crippen LogP contribution in [0.1, 0.15) is 26.3 Å². The lowest BCUT2D eigenvalue weighted by molar-refractivity contribution is -0.147. The van der Waals surface area contributed by atoms with Gasteiger partial charge in [0, 0.05) is 19.6 Å². The zero-order chi connectivity index (χ0) is 17.2. The van der Waals surface area contributed by atoms with Gasteiger partial charge in [-0.05, 0) is 23.1 Å². The normalized spacial score (nSPS) is 17.3. The molecule has 1 atom stereocenters. The van der Waals surface area contributed by atoms with E-state index in [0.29, 0.717) is 19.6 Å². The largest absolute Gasteiger partial charge is 0.335 e. The molecule has 1 saturated heterocycles. The van der Waals surface area contributed by atoms with Crippen molar-refractivity contribution in [1.29, 1.82) is 0 Å². The highest BCUT2D eigenvalue weighted by atomic mass is 19.1. The molecule has 1 aliphatic rings. The van der Waals surface area contributed by atoms with E-state index in [1.807, 2.05) is 20.8 Å². The highest BCUT2D eigenvalue weighted by Gasteiger charge is 2.34. The second-order valence-corrected chi connectivity index (χ2v) is 7.05. The van der Waals surface area contributed by atoms with Crippen molar-refractivity contribution in [2.45, 2.75) is 33.4 Å². The van der Waals surface area contributed by atoms with E-state index in [0.717, 1.165) is 5.56 Å². The lowest BCUT2D eigenvalue weighted by Crippen LogP contribution is -2.57. The van der Waals surface area contributed by atoms with Gasteiger partial charge in [-0.25, -0.2) is 4.39 Å². The van der Waals surface area contributed by atoms with Crippen molar-refractivity contribution in [3.05, 3.63) is 35.6 Å². The molecule has 126 valence electrons. The van der Waals surface area contributed by atoms with Crippen molar-refractivity contribution in [2.24, 2.45) is 11.1 Å². The Bertz CT molecular complexity index is 598. The molecule has 2 rings (SSSR count). The zero-order valence-electron chi connectivity index (χ0n) is 13.9. The third-order valence-corrected chi connectivity index (χ3v) is 4.09. The number of hydrogen-bond acceptors (Lipinski definition) is 3. The van der Waals surface area contributed by atoms with E-state index >= 15 is 0 Å². The minimum absolute atomic E-state index is 0.0257. The average Bonchev–Trinajstić information content (AvgIpc) is 2.47. The summed E-state index contributed by atoms with van der Waals surface area (Å²) in [5, 5.41) is 0. The van der Waals surface area contributed by atoms with Gasteiger partial charge in [-0.3, -0.25) is 9.59 Å². The Hall–Kier alpha value is -1.95. The molecule has 23 heavy (non-hydrogen) atoms. The van der Waals surface area contributed by atoms with E-state index in [2.05, 4.69) is 0 Å². The zero-order valence-corrected chi connectivity index (χ0v) is 13.9. The second-order valence-electron chi connectivity index (χ2n) is 7.05. The molecular weight excluding hydrogens is 297 g/mol. The highest BCUT2D eigenvalue weighted by Crippen LogP contribution is 2.20. The number of carbonyl (C=O) groups excluding carboxylic acids is 2. The maximum Gasteiger partial charge on any atom is 0.242 e. The maximum atomic E-state index is 13.2. The number of nitrogens with zero attached hydrogens (tertiary/aromatic N) is 2. The number of piperazine rings is 1. The van der Waals surface area contributed by atoms with Gasteiger partial charge in [-0.15, -0.1) is 0 Å². The molecule has 0 spiro atoms. The van der Waals surface area contributed by atoms with Gasteiger partial charge in [0.1, 0.15) is 5.82 Å². The molecule has 2 N–H and O–H groups in total. The van der Waals surface area contributed by atoms with Crippen LogP contribution in [0.2, 0.25) is 0 Å². The monoisotopic (exact) mass is 321 g/mol. The molecule has 2 amide bonds. The molecule has 6 heteroatoms. The molecular formula is C17H24FN3O2. The number of nitrogens with two attached hydrogens (primary N) is 1. The first-order valence-electron chi connectivity index (χ1n) is 7.75. The van der Waals surface area contributed by atoms with Crippen molar-refractivity contribution >= 4 is 11.8 Å². The van der Waals surface area contributed by atoms with E-state index < -0.39 is 6.04 Å². The molecule has 5 nitrogen and oxygen atoms in total. The van der Waals surface area contributed by atoms with Crippen LogP contribution in [0.4, 0.5) is 4.39 Å². The minimum Gasteiger partial charge on any atom is -0.335 e. The first-order chi connectivity index (χ1) is 10.7. The molecule has 1 fully saturated rings.